The second-order valence-electron chi connectivity index (χ2n) is 8.73. The molecular weight excluding hydrogens is 494 g/mol. The highest BCUT2D eigenvalue weighted by atomic mass is 32.2. The molecule has 2 unspecified atom stereocenters. The summed E-state index contributed by atoms with van der Waals surface area (Å²) in [6.07, 6.45) is 0.837. The number of benzene rings is 1. The zero-order chi connectivity index (χ0) is 27.0. The number of anilines is 1. The van der Waals surface area contributed by atoms with Crippen LogP contribution in [-0.4, -0.2) is 30.2 Å². The number of nitrogens with one attached hydrogen (secondary N) is 1. The Hall–Kier alpha value is -2.88. The lowest BCUT2D eigenvalue weighted by atomic mass is 10.1. The fourth-order valence-electron chi connectivity index (χ4n) is 3.06. The molecule has 0 spiro atoms. The minimum absolute atomic E-state index is 0.0299. The van der Waals surface area contributed by atoms with Gasteiger partial charge in [-0.15, -0.1) is 11.3 Å². The molecule has 1 saturated heterocycles. The van der Waals surface area contributed by atoms with Gasteiger partial charge in [-0.1, -0.05) is 25.6 Å². The molecule has 3 rings (SSSR count). The second-order valence-corrected chi connectivity index (χ2v) is 10.7. The van der Waals surface area contributed by atoms with Gasteiger partial charge < -0.3 is 21.5 Å². The standard InChI is InChI=1S/C22H26N2O2S2.C5H9NO2/c1-6-13(2)22(24-18-9-7-17(8-10-18)16(5)25)28-21(15(4)23)19(26)20-14(3)11-12-27-20;1-3-2-8-5(7)4(3)6/h7-12,24H,6,23H2,1-5H3;3-4H,2,6H2,1H3/b21-15+,22-13+;. The maximum atomic E-state index is 13.1. The van der Waals surface area contributed by atoms with Crippen molar-refractivity contribution in [3.8, 4) is 0 Å². The highest BCUT2D eigenvalue weighted by Crippen LogP contribution is 2.35. The Labute approximate surface area is 221 Å². The second kappa shape index (κ2) is 13.4. The van der Waals surface area contributed by atoms with Crippen molar-refractivity contribution in [1.29, 1.82) is 0 Å². The van der Waals surface area contributed by atoms with Crippen LogP contribution in [0.25, 0.3) is 0 Å². The fraction of sp³-hybridized carbons (Fsp3) is 0.370. The molecule has 0 aliphatic carbocycles. The van der Waals surface area contributed by atoms with Crippen molar-refractivity contribution >= 4 is 46.3 Å². The Kier molecular flexibility index (Phi) is 11.0. The van der Waals surface area contributed by atoms with Crippen LogP contribution in [0, 0.1) is 12.8 Å². The number of esters is 1. The maximum absolute atomic E-state index is 13.1. The van der Waals surface area contributed by atoms with E-state index < -0.39 is 0 Å². The molecule has 1 aromatic heterocycles. The summed E-state index contributed by atoms with van der Waals surface area (Å²) in [7, 11) is 0. The van der Waals surface area contributed by atoms with Crippen molar-refractivity contribution in [2.45, 2.75) is 54.0 Å². The molecule has 9 heteroatoms. The lowest BCUT2D eigenvalue weighted by Gasteiger charge is -2.16. The average Bonchev–Trinajstić information content (AvgIpc) is 3.41. The monoisotopic (exact) mass is 529 g/mol. The SMILES string of the molecule is CC/C(C)=C(\Nc1ccc(C(C)=O)cc1)S/C(C(=O)c1sccc1C)=C(\C)N.CC1COC(=O)C1N. The van der Waals surface area contributed by atoms with Crippen LogP contribution in [0.5, 0.6) is 0 Å². The van der Waals surface area contributed by atoms with Gasteiger partial charge in [0.2, 0.25) is 5.78 Å². The fourth-order valence-corrected chi connectivity index (χ4v) is 5.04. The topological polar surface area (TPSA) is 125 Å². The molecule has 2 aromatic rings. The van der Waals surface area contributed by atoms with Crippen LogP contribution in [0.4, 0.5) is 5.69 Å². The number of cyclic esters (lactones) is 1. The predicted molar refractivity (Wildman–Crippen MR) is 149 cm³/mol. The molecule has 36 heavy (non-hydrogen) atoms. The Balaban J connectivity index is 0.000000482. The average molecular weight is 530 g/mol. The molecule has 1 aromatic carbocycles. The molecule has 7 nitrogen and oxygen atoms in total. The first kappa shape index (κ1) is 29.4. The Morgan fingerprint density at radius 2 is 1.81 bits per heavy atom. The number of carbonyl (C=O) groups is 3. The molecular formula is C27H35N3O4S2. The molecule has 1 aliphatic rings. The summed E-state index contributed by atoms with van der Waals surface area (Å²) in [5.74, 6) is -0.0880. The van der Waals surface area contributed by atoms with E-state index >= 15 is 0 Å². The van der Waals surface area contributed by atoms with Gasteiger partial charge in [0.15, 0.2) is 5.78 Å². The van der Waals surface area contributed by atoms with Crippen LogP contribution < -0.4 is 16.8 Å². The van der Waals surface area contributed by atoms with E-state index in [4.69, 9.17) is 11.5 Å². The molecule has 194 valence electrons. The number of carbonyl (C=O) groups excluding carboxylic acids is 3. The number of hydrogen-bond donors (Lipinski definition) is 3. The molecule has 1 aliphatic heterocycles. The van der Waals surface area contributed by atoms with Gasteiger partial charge in [-0.2, -0.15) is 0 Å². The summed E-state index contributed by atoms with van der Waals surface area (Å²) in [6.45, 7) is 11.7. The number of allylic oxidation sites excluding steroid dienone is 3. The van der Waals surface area contributed by atoms with E-state index in [-0.39, 0.29) is 29.5 Å². The number of thiophene rings is 1. The molecule has 0 radical (unpaired) electrons. The van der Waals surface area contributed by atoms with Crippen molar-refractivity contribution in [2.24, 2.45) is 17.4 Å². The first-order chi connectivity index (χ1) is 17.0. The molecule has 2 heterocycles. The number of thioether (sulfide) groups is 1. The summed E-state index contributed by atoms with van der Waals surface area (Å²) >= 11 is 2.80. The molecule has 5 N–H and O–H groups in total. The first-order valence-electron chi connectivity index (χ1n) is 11.7. The van der Waals surface area contributed by atoms with Crippen molar-refractivity contribution < 1.29 is 19.1 Å². The molecule has 2 atom stereocenters. The van der Waals surface area contributed by atoms with Gasteiger partial charge in [-0.25, -0.2) is 0 Å². The summed E-state index contributed by atoms with van der Waals surface area (Å²) in [5.41, 5.74) is 15.5. The molecule has 0 bridgehead atoms. The van der Waals surface area contributed by atoms with Crippen molar-refractivity contribution in [3.63, 3.8) is 0 Å². The van der Waals surface area contributed by atoms with Gasteiger partial charge in [-0.05, 0) is 81.0 Å². The quantitative estimate of drug-likeness (QED) is 0.228. The van der Waals surface area contributed by atoms with Crippen LogP contribution in [-0.2, 0) is 9.53 Å². The van der Waals surface area contributed by atoms with Gasteiger partial charge in [-0.3, -0.25) is 14.4 Å². The number of ketones is 2. The minimum Gasteiger partial charge on any atom is -0.464 e. The number of rotatable bonds is 8. The summed E-state index contributed by atoms with van der Waals surface area (Å²) in [4.78, 5) is 36.2. The summed E-state index contributed by atoms with van der Waals surface area (Å²) in [6, 6.07) is 8.87. The van der Waals surface area contributed by atoms with Crippen molar-refractivity contribution in [3.05, 3.63) is 72.9 Å². The Bertz CT molecular complexity index is 1160. The minimum atomic E-state index is -0.380. The van der Waals surface area contributed by atoms with Crippen molar-refractivity contribution in [2.75, 3.05) is 11.9 Å². The molecule has 1 fully saturated rings. The number of nitrogens with two attached hydrogens (primary N) is 2. The highest BCUT2D eigenvalue weighted by molar-refractivity contribution is 8.07. The van der Waals surface area contributed by atoms with Gasteiger partial charge in [0, 0.05) is 22.9 Å². The van der Waals surface area contributed by atoms with Crippen LogP contribution in [0.15, 0.2) is 56.9 Å². The smallest absolute Gasteiger partial charge is 0.323 e. The van der Waals surface area contributed by atoms with E-state index in [2.05, 4.69) is 17.0 Å². The number of ether oxygens (including phenoxy) is 1. The van der Waals surface area contributed by atoms with Gasteiger partial charge >= 0.3 is 5.97 Å². The van der Waals surface area contributed by atoms with E-state index in [0.717, 1.165) is 28.3 Å². The van der Waals surface area contributed by atoms with E-state index in [1.165, 1.54) is 23.1 Å². The predicted octanol–water partition coefficient (Wildman–Crippen LogP) is 5.63. The van der Waals surface area contributed by atoms with Gasteiger partial charge in [0.05, 0.1) is 21.4 Å². The van der Waals surface area contributed by atoms with E-state index in [1.54, 1.807) is 26.0 Å². The highest BCUT2D eigenvalue weighted by Gasteiger charge is 2.29. The van der Waals surface area contributed by atoms with Crippen LogP contribution >= 0.6 is 23.1 Å². The third-order valence-electron chi connectivity index (χ3n) is 5.68. The number of hydrogen-bond acceptors (Lipinski definition) is 9. The van der Waals surface area contributed by atoms with E-state index in [0.29, 0.717) is 27.6 Å². The molecule has 0 amide bonds. The third-order valence-corrected chi connectivity index (χ3v) is 8.06. The zero-order valence-corrected chi connectivity index (χ0v) is 23.3. The van der Waals surface area contributed by atoms with Crippen molar-refractivity contribution in [1.82, 2.24) is 0 Å². The summed E-state index contributed by atoms with van der Waals surface area (Å²) in [5, 5.41) is 6.18. The lowest BCUT2D eigenvalue weighted by Crippen LogP contribution is -2.30. The Morgan fingerprint density at radius 3 is 2.19 bits per heavy atom. The van der Waals surface area contributed by atoms with Gasteiger partial charge in [0.1, 0.15) is 6.04 Å². The third kappa shape index (κ3) is 7.81. The Morgan fingerprint density at radius 1 is 1.17 bits per heavy atom. The van der Waals surface area contributed by atoms with Crippen LogP contribution in [0.3, 0.4) is 0 Å². The normalized spacial score (nSPS) is 18.4. The van der Waals surface area contributed by atoms with E-state index in [1.807, 2.05) is 44.4 Å². The number of Topliss-reactive ketones (excluding diaryl/α,β-unsaturated/α-hetero) is 2. The largest absolute Gasteiger partial charge is 0.464 e. The van der Waals surface area contributed by atoms with E-state index in [9.17, 15) is 14.4 Å². The van der Waals surface area contributed by atoms with Crippen LogP contribution in [0.2, 0.25) is 0 Å². The summed E-state index contributed by atoms with van der Waals surface area (Å²) < 4.78 is 4.61. The lowest BCUT2D eigenvalue weighted by molar-refractivity contribution is -0.139. The number of aryl methyl sites for hydroxylation is 1. The molecule has 0 saturated carbocycles. The zero-order valence-electron chi connectivity index (χ0n) is 21.6. The maximum Gasteiger partial charge on any atom is 0.323 e. The van der Waals surface area contributed by atoms with Crippen LogP contribution in [0.1, 0.15) is 66.6 Å². The first-order valence-corrected chi connectivity index (χ1v) is 13.4. The van der Waals surface area contributed by atoms with Gasteiger partial charge in [0.25, 0.3) is 0 Å².